The standard InChI is InChI=1S/C13H19NO/c1-9(14)6-10-4-5-12-11(7-10)8-13(2,3)15-12/h4-5,7,9H,6,8,14H2,1-3H3. The van der Waals surface area contributed by atoms with Crippen LogP contribution in [0.5, 0.6) is 5.75 Å². The quantitative estimate of drug-likeness (QED) is 0.804. The normalized spacial score (nSPS) is 19.5. The zero-order valence-electron chi connectivity index (χ0n) is 9.71. The molecule has 2 heteroatoms. The maximum absolute atomic E-state index is 5.82. The van der Waals surface area contributed by atoms with Crippen molar-refractivity contribution in [2.75, 3.05) is 0 Å². The lowest BCUT2D eigenvalue weighted by atomic mass is 9.98. The third-order valence-electron chi connectivity index (χ3n) is 2.68. The second-order valence-electron chi connectivity index (χ2n) is 5.16. The van der Waals surface area contributed by atoms with Crippen LogP contribution in [0.15, 0.2) is 18.2 Å². The zero-order valence-corrected chi connectivity index (χ0v) is 9.71. The largest absolute Gasteiger partial charge is 0.487 e. The molecule has 0 fully saturated rings. The van der Waals surface area contributed by atoms with Gasteiger partial charge in [-0.05, 0) is 44.4 Å². The van der Waals surface area contributed by atoms with Crippen molar-refractivity contribution in [3.8, 4) is 5.75 Å². The molecule has 82 valence electrons. The van der Waals surface area contributed by atoms with E-state index >= 15 is 0 Å². The Labute approximate surface area is 91.4 Å². The van der Waals surface area contributed by atoms with Gasteiger partial charge in [0.2, 0.25) is 0 Å². The first kappa shape index (κ1) is 10.5. The molecule has 0 aliphatic carbocycles. The Balaban J connectivity index is 2.23. The lowest BCUT2D eigenvalue weighted by Gasteiger charge is -2.16. The van der Waals surface area contributed by atoms with Gasteiger partial charge in [-0.25, -0.2) is 0 Å². The van der Waals surface area contributed by atoms with Gasteiger partial charge in [0.1, 0.15) is 11.4 Å². The molecule has 0 aromatic heterocycles. The van der Waals surface area contributed by atoms with Crippen LogP contribution in [0.4, 0.5) is 0 Å². The average Bonchev–Trinajstić information content (AvgIpc) is 2.36. The van der Waals surface area contributed by atoms with Gasteiger partial charge in [0.15, 0.2) is 0 Å². The summed E-state index contributed by atoms with van der Waals surface area (Å²) in [5.41, 5.74) is 8.37. The summed E-state index contributed by atoms with van der Waals surface area (Å²) >= 11 is 0. The van der Waals surface area contributed by atoms with Gasteiger partial charge in [-0.15, -0.1) is 0 Å². The number of hydrogen-bond acceptors (Lipinski definition) is 2. The fourth-order valence-corrected chi connectivity index (χ4v) is 2.16. The van der Waals surface area contributed by atoms with Crippen LogP contribution < -0.4 is 10.5 Å². The molecule has 0 radical (unpaired) electrons. The highest BCUT2D eigenvalue weighted by molar-refractivity contribution is 5.42. The van der Waals surface area contributed by atoms with Gasteiger partial charge in [-0.1, -0.05) is 12.1 Å². The van der Waals surface area contributed by atoms with Gasteiger partial charge in [-0.3, -0.25) is 0 Å². The van der Waals surface area contributed by atoms with Crippen LogP contribution >= 0.6 is 0 Å². The second-order valence-corrected chi connectivity index (χ2v) is 5.16. The molecular weight excluding hydrogens is 186 g/mol. The molecular formula is C13H19NO. The van der Waals surface area contributed by atoms with Crippen LogP contribution in [0, 0.1) is 0 Å². The molecule has 1 atom stereocenters. The second kappa shape index (κ2) is 3.53. The Hall–Kier alpha value is -1.02. The summed E-state index contributed by atoms with van der Waals surface area (Å²) in [4.78, 5) is 0. The monoisotopic (exact) mass is 205 g/mol. The smallest absolute Gasteiger partial charge is 0.123 e. The molecule has 0 bridgehead atoms. The van der Waals surface area contributed by atoms with Crippen molar-refractivity contribution < 1.29 is 4.74 Å². The van der Waals surface area contributed by atoms with Crippen LogP contribution in [0.25, 0.3) is 0 Å². The van der Waals surface area contributed by atoms with Crippen LogP contribution in [0.3, 0.4) is 0 Å². The van der Waals surface area contributed by atoms with Crippen molar-refractivity contribution in [1.82, 2.24) is 0 Å². The molecule has 1 aliphatic heterocycles. The van der Waals surface area contributed by atoms with Gasteiger partial charge >= 0.3 is 0 Å². The molecule has 0 amide bonds. The third-order valence-corrected chi connectivity index (χ3v) is 2.68. The van der Waals surface area contributed by atoms with E-state index in [0.717, 1.165) is 18.6 Å². The van der Waals surface area contributed by atoms with Crippen molar-refractivity contribution in [1.29, 1.82) is 0 Å². The maximum Gasteiger partial charge on any atom is 0.123 e. The van der Waals surface area contributed by atoms with Crippen molar-refractivity contribution in [2.24, 2.45) is 5.73 Å². The number of hydrogen-bond donors (Lipinski definition) is 1. The Bertz CT molecular complexity index is 369. The topological polar surface area (TPSA) is 35.2 Å². The minimum absolute atomic E-state index is 0.0463. The molecule has 0 saturated carbocycles. The van der Waals surface area contributed by atoms with Gasteiger partial charge in [0.25, 0.3) is 0 Å². The molecule has 2 N–H and O–H groups in total. The molecule has 1 aromatic carbocycles. The minimum atomic E-state index is -0.0463. The number of fused-ring (bicyclic) bond motifs is 1. The summed E-state index contributed by atoms with van der Waals surface area (Å²) in [5.74, 6) is 1.04. The Morgan fingerprint density at radius 3 is 2.87 bits per heavy atom. The highest BCUT2D eigenvalue weighted by atomic mass is 16.5. The van der Waals surface area contributed by atoms with E-state index in [9.17, 15) is 0 Å². The molecule has 1 aliphatic rings. The average molecular weight is 205 g/mol. The Morgan fingerprint density at radius 1 is 1.47 bits per heavy atom. The number of benzene rings is 1. The van der Waals surface area contributed by atoms with Crippen LogP contribution in [0.2, 0.25) is 0 Å². The number of rotatable bonds is 2. The van der Waals surface area contributed by atoms with E-state index in [2.05, 4.69) is 32.0 Å². The van der Waals surface area contributed by atoms with Gasteiger partial charge in [0, 0.05) is 12.5 Å². The predicted octanol–water partition coefficient (Wildman–Crippen LogP) is 2.29. The highest BCUT2D eigenvalue weighted by Crippen LogP contribution is 2.35. The van der Waals surface area contributed by atoms with E-state index in [1.54, 1.807) is 0 Å². The molecule has 2 rings (SSSR count). The van der Waals surface area contributed by atoms with Crippen molar-refractivity contribution in [3.05, 3.63) is 29.3 Å². The van der Waals surface area contributed by atoms with Gasteiger partial charge in [-0.2, -0.15) is 0 Å². The molecule has 1 heterocycles. The van der Waals surface area contributed by atoms with E-state index in [4.69, 9.17) is 10.5 Å². The molecule has 1 unspecified atom stereocenters. The fourth-order valence-electron chi connectivity index (χ4n) is 2.16. The molecule has 15 heavy (non-hydrogen) atoms. The summed E-state index contributed by atoms with van der Waals surface area (Å²) < 4.78 is 5.82. The van der Waals surface area contributed by atoms with Crippen LogP contribution in [0.1, 0.15) is 31.9 Å². The molecule has 0 spiro atoms. The first-order chi connectivity index (χ1) is 6.96. The van der Waals surface area contributed by atoms with Crippen molar-refractivity contribution >= 4 is 0 Å². The summed E-state index contributed by atoms with van der Waals surface area (Å²) in [5, 5.41) is 0. The maximum atomic E-state index is 5.82. The lowest BCUT2D eigenvalue weighted by Crippen LogP contribution is -2.24. The van der Waals surface area contributed by atoms with E-state index < -0.39 is 0 Å². The molecule has 2 nitrogen and oxygen atoms in total. The van der Waals surface area contributed by atoms with Crippen LogP contribution in [-0.4, -0.2) is 11.6 Å². The SMILES string of the molecule is CC(N)Cc1ccc2c(c1)CC(C)(C)O2. The zero-order chi connectivity index (χ0) is 11.1. The predicted molar refractivity (Wildman–Crippen MR) is 62.2 cm³/mol. The van der Waals surface area contributed by atoms with E-state index in [1.807, 2.05) is 6.92 Å². The van der Waals surface area contributed by atoms with Crippen molar-refractivity contribution in [2.45, 2.75) is 45.3 Å². The first-order valence-corrected chi connectivity index (χ1v) is 5.53. The van der Waals surface area contributed by atoms with E-state index in [0.29, 0.717) is 0 Å². The third kappa shape index (κ3) is 2.32. The fraction of sp³-hybridized carbons (Fsp3) is 0.538. The summed E-state index contributed by atoms with van der Waals surface area (Å²) in [6, 6.07) is 6.64. The highest BCUT2D eigenvalue weighted by Gasteiger charge is 2.29. The van der Waals surface area contributed by atoms with Gasteiger partial charge in [0.05, 0.1) is 0 Å². The summed E-state index contributed by atoms with van der Waals surface area (Å²) in [7, 11) is 0. The number of ether oxygens (including phenoxy) is 1. The van der Waals surface area contributed by atoms with Gasteiger partial charge < -0.3 is 10.5 Å². The lowest BCUT2D eigenvalue weighted by molar-refractivity contribution is 0.138. The molecule has 1 aromatic rings. The first-order valence-electron chi connectivity index (χ1n) is 5.53. The summed E-state index contributed by atoms with van der Waals surface area (Å²) in [6.07, 6.45) is 1.93. The Kier molecular flexibility index (Phi) is 2.47. The van der Waals surface area contributed by atoms with Crippen molar-refractivity contribution in [3.63, 3.8) is 0 Å². The van der Waals surface area contributed by atoms with Crippen LogP contribution in [-0.2, 0) is 12.8 Å². The Morgan fingerprint density at radius 2 is 2.20 bits per heavy atom. The molecule has 0 saturated heterocycles. The van der Waals surface area contributed by atoms with E-state index in [1.165, 1.54) is 11.1 Å². The minimum Gasteiger partial charge on any atom is -0.487 e. The van der Waals surface area contributed by atoms with E-state index in [-0.39, 0.29) is 11.6 Å². The summed E-state index contributed by atoms with van der Waals surface area (Å²) in [6.45, 7) is 6.28. The number of nitrogens with two attached hydrogens (primary N) is 1.